The molecule has 0 amide bonds. The second-order valence-electron chi connectivity index (χ2n) is 14.2. The van der Waals surface area contributed by atoms with Gasteiger partial charge in [0.25, 0.3) is 0 Å². The quantitative estimate of drug-likeness (QED) is 0.429. The molecule has 2 aromatic carbocycles. The van der Waals surface area contributed by atoms with E-state index in [1.807, 2.05) is 14.4 Å². The molecule has 0 spiro atoms. The van der Waals surface area contributed by atoms with E-state index in [1.165, 1.54) is 54.4 Å². The summed E-state index contributed by atoms with van der Waals surface area (Å²) in [5.41, 5.74) is 5.19. The molecular weight excluding hydrogens is 555 g/mol. The van der Waals surface area contributed by atoms with E-state index in [1.54, 1.807) is 21.3 Å². The fourth-order valence-corrected chi connectivity index (χ4v) is 8.19. The van der Waals surface area contributed by atoms with Gasteiger partial charge in [0.1, 0.15) is 0 Å². The number of ether oxygens (including phenoxy) is 3. The maximum atomic E-state index is 6.16. The summed E-state index contributed by atoms with van der Waals surface area (Å²) in [5, 5.41) is 0. The topological polar surface area (TPSA) is 37.4 Å². The highest BCUT2D eigenvalue weighted by Crippen LogP contribution is 2.45. The Morgan fingerprint density at radius 3 is 2.00 bits per heavy atom. The van der Waals surface area contributed by atoms with Gasteiger partial charge in [-0.25, -0.2) is 0 Å². The van der Waals surface area contributed by atoms with Crippen molar-refractivity contribution >= 4 is 23.9 Å². The fraction of sp³-hybridized carbons (Fsp3) is 0.667. The zero-order valence-corrected chi connectivity index (χ0v) is 28.8. The van der Waals surface area contributed by atoms with Gasteiger partial charge in [0, 0.05) is 39.0 Å². The first-order valence-corrected chi connectivity index (χ1v) is 16.7. The molecule has 5 atom stereocenters. The number of piperidine rings is 1. The van der Waals surface area contributed by atoms with Gasteiger partial charge in [-0.05, 0) is 93.6 Å². The van der Waals surface area contributed by atoms with Gasteiger partial charge in [-0.2, -0.15) is 0 Å². The summed E-state index contributed by atoms with van der Waals surface area (Å²) in [7, 11) is 23.5. The molecule has 0 N–H and O–H groups in total. The largest absolute Gasteiger partial charge is 0.383 e. The number of fused-ring (bicyclic) bond motifs is 3. The van der Waals surface area contributed by atoms with Crippen LogP contribution in [0.1, 0.15) is 75.1 Å². The molecule has 3 heterocycles. The predicted molar refractivity (Wildman–Crippen MR) is 186 cm³/mol. The molecule has 5 unspecified atom stereocenters. The second kappa shape index (κ2) is 16.0. The maximum Gasteiger partial charge on any atom is 0.183 e. The molecule has 0 bridgehead atoms. The van der Waals surface area contributed by atoms with Crippen molar-refractivity contribution in [1.29, 1.82) is 0 Å². The van der Waals surface area contributed by atoms with E-state index in [9.17, 15) is 0 Å². The van der Waals surface area contributed by atoms with E-state index in [4.69, 9.17) is 38.2 Å². The van der Waals surface area contributed by atoms with Crippen LogP contribution in [0.25, 0.3) is 0 Å². The van der Waals surface area contributed by atoms with Gasteiger partial charge >= 0.3 is 0 Å². The molecule has 6 rings (SSSR count). The number of benzene rings is 2. The lowest BCUT2D eigenvalue weighted by atomic mass is 9.64. The van der Waals surface area contributed by atoms with Crippen molar-refractivity contribution in [3.8, 4) is 0 Å². The minimum Gasteiger partial charge on any atom is -0.383 e. The van der Waals surface area contributed by atoms with Crippen LogP contribution in [-0.4, -0.2) is 104 Å². The van der Waals surface area contributed by atoms with Crippen molar-refractivity contribution in [2.24, 2.45) is 11.8 Å². The average Bonchev–Trinajstić information content (AvgIpc) is 3.03. The lowest BCUT2D eigenvalue weighted by Gasteiger charge is -2.54. The third-order valence-corrected chi connectivity index (χ3v) is 11.0. The Morgan fingerprint density at radius 2 is 1.31 bits per heavy atom. The lowest BCUT2D eigenvalue weighted by molar-refractivity contribution is -0.0411. The van der Waals surface area contributed by atoms with Crippen molar-refractivity contribution in [2.75, 3.05) is 54.2 Å². The molecule has 2 fully saturated rings. The Kier molecular flexibility index (Phi) is 12.9. The van der Waals surface area contributed by atoms with Crippen molar-refractivity contribution in [2.45, 2.75) is 88.9 Å². The molecule has 9 heteroatoms. The van der Waals surface area contributed by atoms with Crippen LogP contribution in [0.15, 0.2) is 48.5 Å². The van der Waals surface area contributed by atoms with Crippen LogP contribution < -0.4 is 0 Å². The van der Waals surface area contributed by atoms with Crippen LogP contribution in [0, 0.1) is 11.8 Å². The third kappa shape index (κ3) is 8.10. The summed E-state index contributed by atoms with van der Waals surface area (Å²) in [6.07, 6.45) is 8.76. The van der Waals surface area contributed by atoms with Gasteiger partial charge in [0.15, 0.2) is 23.9 Å². The second-order valence-corrected chi connectivity index (χ2v) is 14.2. The van der Waals surface area contributed by atoms with Crippen molar-refractivity contribution in [3.05, 3.63) is 70.8 Å². The first-order valence-electron chi connectivity index (χ1n) is 16.7. The van der Waals surface area contributed by atoms with Gasteiger partial charge < -0.3 is 28.6 Å². The van der Waals surface area contributed by atoms with Gasteiger partial charge in [-0.1, -0.05) is 67.8 Å². The highest BCUT2D eigenvalue weighted by molar-refractivity contribution is 6.05. The van der Waals surface area contributed by atoms with E-state index in [2.05, 4.69) is 69.3 Å². The highest BCUT2D eigenvalue weighted by atomic mass is 16.5. The number of methoxy groups -OCH3 is 3. The Labute approximate surface area is 277 Å². The predicted octanol–water partition coefficient (Wildman–Crippen LogP) is 5.01. The zero-order valence-electron chi connectivity index (χ0n) is 28.8. The molecule has 1 saturated heterocycles. The van der Waals surface area contributed by atoms with Crippen LogP contribution in [0.4, 0.5) is 0 Å². The van der Waals surface area contributed by atoms with Crippen molar-refractivity contribution in [1.82, 2.24) is 14.4 Å². The van der Waals surface area contributed by atoms with Crippen LogP contribution in [0.3, 0.4) is 0 Å². The molecule has 6 radical (unpaired) electrons. The molecule has 240 valence electrons. The summed E-state index contributed by atoms with van der Waals surface area (Å²) in [4.78, 5) is 5.81. The number of rotatable bonds is 6. The van der Waals surface area contributed by atoms with E-state index >= 15 is 0 Å². The van der Waals surface area contributed by atoms with Gasteiger partial charge in [-0.3, -0.25) is 0 Å². The fourth-order valence-electron chi connectivity index (χ4n) is 8.19. The van der Waals surface area contributed by atoms with Crippen LogP contribution in [-0.2, 0) is 39.1 Å². The van der Waals surface area contributed by atoms with Crippen LogP contribution in [0.2, 0.25) is 0 Å². The van der Waals surface area contributed by atoms with Crippen molar-refractivity contribution < 1.29 is 14.2 Å². The number of nitrogens with zero attached hydrogens (tertiary/aromatic N) is 3. The summed E-state index contributed by atoms with van der Waals surface area (Å²) in [5.74, 6) is 1.63. The summed E-state index contributed by atoms with van der Waals surface area (Å²) < 4.78 is 15.9. The standard InChI is InChI=1S/C12H16BNO.C12H22BNO.C12H16BNO/c1-12(9-15-2)7-10-5-3-4-6-11(10)8-14(12)13;2*1-12(9-15-2)11-6-4-3-5-10(11)7-8-14(12)13/h3-6H,7-9H2,1-2H3;10-11H,3-9H2,1-2H3;3-6H,7-9H2,1-2H3. The first-order chi connectivity index (χ1) is 21.5. The molecule has 6 nitrogen and oxygen atoms in total. The Morgan fingerprint density at radius 1 is 0.689 bits per heavy atom. The van der Waals surface area contributed by atoms with Gasteiger partial charge in [0.05, 0.1) is 25.4 Å². The minimum absolute atomic E-state index is 0.0675. The Hall–Kier alpha value is -1.61. The smallest absolute Gasteiger partial charge is 0.183 e. The molecule has 4 aliphatic rings. The van der Waals surface area contributed by atoms with E-state index < -0.39 is 0 Å². The average molecular weight is 609 g/mol. The first kappa shape index (κ1) is 36.2. The van der Waals surface area contributed by atoms with E-state index in [0.29, 0.717) is 13.2 Å². The molecule has 2 aromatic rings. The summed E-state index contributed by atoms with van der Waals surface area (Å²) in [6.45, 7) is 11.3. The monoisotopic (exact) mass is 609 g/mol. The normalized spacial score (nSPS) is 31.7. The van der Waals surface area contributed by atoms with Gasteiger partial charge in [-0.15, -0.1) is 0 Å². The number of hydrogen-bond acceptors (Lipinski definition) is 6. The van der Waals surface area contributed by atoms with E-state index in [-0.39, 0.29) is 16.6 Å². The minimum atomic E-state index is -0.191. The third-order valence-electron chi connectivity index (χ3n) is 11.0. The Bertz CT molecular complexity index is 1220. The SMILES string of the molecule is [B]N1CCC2CCCCC2C1(C)COC.[B]N1CCc2ccccc2C1(C)COC.[B]N1Cc2ccccc2CC1(C)COC. The summed E-state index contributed by atoms with van der Waals surface area (Å²) in [6, 6.07) is 16.9. The summed E-state index contributed by atoms with van der Waals surface area (Å²) >= 11 is 0. The highest BCUT2D eigenvalue weighted by Gasteiger charge is 2.45. The number of hydrogen-bond donors (Lipinski definition) is 0. The van der Waals surface area contributed by atoms with Crippen LogP contribution >= 0.6 is 0 Å². The zero-order chi connectivity index (χ0) is 32.7. The van der Waals surface area contributed by atoms with E-state index in [0.717, 1.165) is 50.9 Å². The molecule has 1 aliphatic carbocycles. The van der Waals surface area contributed by atoms with Crippen molar-refractivity contribution in [3.63, 3.8) is 0 Å². The Balaban J connectivity index is 0.000000154. The molecule has 45 heavy (non-hydrogen) atoms. The lowest BCUT2D eigenvalue weighted by Crippen LogP contribution is -2.60. The molecule has 3 aliphatic heterocycles. The molecule has 1 saturated carbocycles. The maximum absolute atomic E-state index is 6.16. The molecule has 0 aromatic heterocycles. The van der Waals surface area contributed by atoms with Gasteiger partial charge in [0.2, 0.25) is 0 Å². The van der Waals surface area contributed by atoms with Crippen LogP contribution in [0.5, 0.6) is 0 Å². The molecular formula is C36H54B3N3O3.